The van der Waals surface area contributed by atoms with Crippen molar-refractivity contribution in [2.75, 3.05) is 80.8 Å². The number of nitrogens with zero attached hydrogens (tertiary/aromatic N) is 3. The maximum atomic E-state index is 14.4. The number of rotatable bonds is 5. The SMILES string of the molecule is C[NH+]1CCN(c2cc(F)cc3c(=O)cc(C(=O)Nc4ccc(N5CCN(S(C)(=O)=O)CC5)cc4)oc23)CC1. The number of benzene rings is 2. The molecule has 12 heteroatoms. The lowest BCUT2D eigenvalue weighted by molar-refractivity contribution is -0.880. The molecule has 0 radical (unpaired) electrons. The van der Waals surface area contributed by atoms with E-state index in [4.69, 9.17) is 4.42 Å². The molecule has 0 atom stereocenters. The van der Waals surface area contributed by atoms with Crippen LogP contribution in [-0.2, 0) is 10.0 Å². The second-order valence-corrected chi connectivity index (χ2v) is 11.9. The Bertz CT molecular complexity index is 1510. The van der Waals surface area contributed by atoms with E-state index >= 15 is 0 Å². The number of sulfonamides is 1. The van der Waals surface area contributed by atoms with E-state index in [-0.39, 0.29) is 16.7 Å². The number of likely N-dealkylation sites (N-methyl/N-ethyl adjacent to an activating group) is 1. The second kappa shape index (κ2) is 10.4. The average Bonchev–Trinajstić information content (AvgIpc) is 2.89. The Balaban J connectivity index is 1.33. The number of amides is 1. The lowest BCUT2D eigenvalue weighted by Crippen LogP contribution is -3.12. The van der Waals surface area contributed by atoms with E-state index in [2.05, 4.69) is 17.3 Å². The highest BCUT2D eigenvalue weighted by atomic mass is 32.2. The molecule has 2 saturated heterocycles. The van der Waals surface area contributed by atoms with Crippen molar-refractivity contribution in [3.63, 3.8) is 0 Å². The third-order valence-electron chi connectivity index (χ3n) is 7.15. The summed E-state index contributed by atoms with van der Waals surface area (Å²) in [7, 11) is -1.11. The van der Waals surface area contributed by atoms with Gasteiger partial charge in [-0.25, -0.2) is 12.8 Å². The van der Waals surface area contributed by atoms with E-state index in [0.29, 0.717) is 50.6 Å². The number of halogens is 1. The van der Waals surface area contributed by atoms with Gasteiger partial charge in [-0.15, -0.1) is 0 Å². The topological polar surface area (TPSA) is 108 Å². The van der Waals surface area contributed by atoms with Crippen molar-refractivity contribution in [3.8, 4) is 0 Å². The van der Waals surface area contributed by atoms with Crippen LogP contribution in [0, 0.1) is 5.82 Å². The van der Waals surface area contributed by atoms with Crippen LogP contribution < -0.4 is 25.4 Å². The number of piperazine rings is 2. The molecular weight excluding hydrogens is 513 g/mol. The largest absolute Gasteiger partial charge is 0.448 e. The molecule has 0 bridgehead atoms. The number of quaternary nitrogens is 1. The molecule has 2 aliphatic rings. The van der Waals surface area contributed by atoms with Crippen LogP contribution in [0.25, 0.3) is 11.0 Å². The number of anilines is 3. The van der Waals surface area contributed by atoms with Crippen molar-refractivity contribution in [1.29, 1.82) is 0 Å². The van der Waals surface area contributed by atoms with Crippen LogP contribution in [-0.4, -0.2) is 84.3 Å². The Morgan fingerprint density at radius 3 is 2.26 bits per heavy atom. The van der Waals surface area contributed by atoms with Gasteiger partial charge in [-0.1, -0.05) is 0 Å². The van der Waals surface area contributed by atoms with Crippen LogP contribution in [0.15, 0.2) is 51.7 Å². The molecule has 0 saturated carbocycles. The van der Waals surface area contributed by atoms with Gasteiger partial charge in [0.1, 0.15) is 5.82 Å². The van der Waals surface area contributed by atoms with Crippen LogP contribution in [0.2, 0.25) is 0 Å². The molecule has 2 fully saturated rings. The number of hydrogen-bond donors (Lipinski definition) is 2. The molecule has 3 heterocycles. The summed E-state index contributed by atoms with van der Waals surface area (Å²) in [6, 6.07) is 10.7. The fraction of sp³-hybridized carbons (Fsp3) is 0.385. The Labute approximate surface area is 220 Å². The quantitative estimate of drug-likeness (QED) is 0.485. The highest BCUT2D eigenvalue weighted by Gasteiger charge is 2.25. The molecule has 3 aromatic rings. The van der Waals surface area contributed by atoms with E-state index in [1.807, 2.05) is 17.0 Å². The lowest BCUT2D eigenvalue weighted by Gasteiger charge is -2.34. The van der Waals surface area contributed by atoms with E-state index in [1.54, 1.807) is 12.1 Å². The minimum atomic E-state index is -3.20. The van der Waals surface area contributed by atoms with Crippen LogP contribution in [0.4, 0.5) is 21.5 Å². The smallest absolute Gasteiger partial charge is 0.291 e. The average molecular weight is 545 g/mol. The minimum Gasteiger partial charge on any atom is -0.448 e. The van der Waals surface area contributed by atoms with E-state index in [1.165, 1.54) is 21.5 Å². The standard InChI is InChI=1S/C26H30FN5O5S/c1-29-7-9-31(10-8-29)22-16-18(27)15-21-23(33)17-24(37-25(21)22)26(34)28-19-3-5-20(6-4-19)30-11-13-32(14-12-30)38(2,35)36/h3-6,15-17H,7-14H2,1-2H3,(H,28,34)/p+1. The fourth-order valence-electron chi connectivity index (χ4n) is 4.91. The molecule has 0 spiro atoms. The molecule has 2 aliphatic heterocycles. The summed E-state index contributed by atoms with van der Waals surface area (Å²) in [4.78, 5) is 31.3. The number of hydrogen-bond acceptors (Lipinski definition) is 7. The highest BCUT2D eigenvalue weighted by Crippen LogP contribution is 2.28. The van der Waals surface area contributed by atoms with E-state index < -0.39 is 27.2 Å². The van der Waals surface area contributed by atoms with Crippen LogP contribution in [0.1, 0.15) is 10.6 Å². The third-order valence-corrected chi connectivity index (χ3v) is 8.46. The lowest BCUT2D eigenvalue weighted by atomic mass is 10.1. The second-order valence-electron chi connectivity index (χ2n) is 9.87. The predicted octanol–water partition coefficient (Wildman–Crippen LogP) is 0.601. The third kappa shape index (κ3) is 5.52. The monoisotopic (exact) mass is 544 g/mol. The Morgan fingerprint density at radius 2 is 1.63 bits per heavy atom. The first kappa shape index (κ1) is 26.1. The maximum absolute atomic E-state index is 14.4. The fourth-order valence-corrected chi connectivity index (χ4v) is 5.73. The van der Waals surface area contributed by atoms with Gasteiger partial charge in [0, 0.05) is 49.7 Å². The summed E-state index contributed by atoms with van der Waals surface area (Å²) in [6.07, 6.45) is 1.21. The predicted molar refractivity (Wildman–Crippen MR) is 144 cm³/mol. The summed E-state index contributed by atoms with van der Waals surface area (Å²) in [6.45, 7) is 5.06. The summed E-state index contributed by atoms with van der Waals surface area (Å²) in [5, 5.41) is 2.85. The Hall–Kier alpha value is -3.48. The normalized spacial score (nSPS) is 17.7. The summed E-state index contributed by atoms with van der Waals surface area (Å²) >= 11 is 0. The number of carbonyl (C=O) groups is 1. The minimum absolute atomic E-state index is 0.100. The molecule has 2 N–H and O–H groups in total. The highest BCUT2D eigenvalue weighted by molar-refractivity contribution is 7.88. The zero-order chi connectivity index (χ0) is 27.0. The summed E-state index contributed by atoms with van der Waals surface area (Å²) in [5.41, 5.74) is 1.61. The van der Waals surface area contributed by atoms with Gasteiger partial charge in [-0.2, -0.15) is 4.31 Å². The molecule has 202 valence electrons. The van der Waals surface area contributed by atoms with Gasteiger partial charge in [0.2, 0.25) is 10.0 Å². The first-order valence-electron chi connectivity index (χ1n) is 12.5. The zero-order valence-corrected chi connectivity index (χ0v) is 22.2. The van der Waals surface area contributed by atoms with Gasteiger partial charge in [0.25, 0.3) is 5.91 Å². The number of carbonyl (C=O) groups excluding carboxylic acids is 1. The molecule has 0 unspecified atom stereocenters. The van der Waals surface area contributed by atoms with Crippen molar-refractivity contribution in [1.82, 2.24) is 4.31 Å². The summed E-state index contributed by atoms with van der Waals surface area (Å²) < 4.78 is 45.2. The molecule has 38 heavy (non-hydrogen) atoms. The van der Waals surface area contributed by atoms with Crippen molar-refractivity contribution in [2.24, 2.45) is 0 Å². The Kier molecular flexibility index (Phi) is 7.12. The number of fused-ring (bicyclic) bond motifs is 1. The van der Waals surface area contributed by atoms with Crippen molar-refractivity contribution < 1.29 is 26.9 Å². The maximum Gasteiger partial charge on any atom is 0.291 e. The first-order valence-corrected chi connectivity index (χ1v) is 14.4. The van der Waals surface area contributed by atoms with Gasteiger partial charge in [0.05, 0.1) is 50.6 Å². The molecule has 1 amide bonds. The molecule has 1 aromatic heterocycles. The van der Waals surface area contributed by atoms with Crippen molar-refractivity contribution in [2.45, 2.75) is 0 Å². The van der Waals surface area contributed by atoms with Crippen LogP contribution >= 0.6 is 0 Å². The summed E-state index contributed by atoms with van der Waals surface area (Å²) in [5.74, 6) is -1.27. The van der Waals surface area contributed by atoms with E-state index in [9.17, 15) is 22.4 Å². The Morgan fingerprint density at radius 1 is 0.974 bits per heavy atom. The molecule has 0 aliphatic carbocycles. The van der Waals surface area contributed by atoms with Gasteiger partial charge in [0.15, 0.2) is 16.8 Å². The van der Waals surface area contributed by atoms with E-state index in [0.717, 1.165) is 30.9 Å². The van der Waals surface area contributed by atoms with Gasteiger partial charge >= 0.3 is 0 Å². The molecule has 5 rings (SSSR count). The zero-order valence-electron chi connectivity index (χ0n) is 21.4. The molecule has 10 nitrogen and oxygen atoms in total. The molecule has 2 aromatic carbocycles. The number of nitrogens with one attached hydrogen (secondary N) is 2. The molecular formula is C26H31FN5O5S+. The van der Waals surface area contributed by atoms with Gasteiger partial charge in [-0.05, 0) is 30.3 Å². The van der Waals surface area contributed by atoms with Gasteiger partial charge in [-0.3, -0.25) is 9.59 Å². The van der Waals surface area contributed by atoms with Crippen LogP contribution in [0.3, 0.4) is 0 Å². The van der Waals surface area contributed by atoms with Crippen molar-refractivity contribution in [3.05, 3.63) is 64.3 Å². The first-order chi connectivity index (χ1) is 18.1. The van der Waals surface area contributed by atoms with Crippen molar-refractivity contribution >= 4 is 44.0 Å². The van der Waals surface area contributed by atoms with Gasteiger partial charge < -0.3 is 24.4 Å². The van der Waals surface area contributed by atoms with Crippen LogP contribution in [0.5, 0.6) is 0 Å².